The first-order valence-electron chi connectivity index (χ1n) is 37.3. The van der Waals surface area contributed by atoms with Crippen molar-refractivity contribution in [3.63, 3.8) is 0 Å². The maximum absolute atomic E-state index is 13.9. The Morgan fingerprint density at radius 3 is 0.938 bits per heavy atom. The Morgan fingerprint density at radius 2 is 0.646 bits per heavy atom. The van der Waals surface area contributed by atoms with Crippen LogP contribution in [0.25, 0.3) is 0 Å². The number of hydrogen-bond acceptors (Lipinski definition) is 35. The van der Waals surface area contributed by atoms with Crippen molar-refractivity contribution in [2.24, 2.45) is 17.8 Å². The number of rotatable bonds is 53. The van der Waals surface area contributed by atoms with Crippen molar-refractivity contribution in [3.8, 4) is 0 Å². The van der Waals surface area contributed by atoms with E-state index in [2.05, 4.69) is 21.3 Å². The zero-order chi connectivity index (χ0) is 83.3. The Labute approximate surface area is 656 Å². The van der Waals surface area contributed by atoms with Crippen LogP contribution in [0.1, 0.15) is 121 Å². The van der Waals surface area contributed by atoms with Crippen LogP contribution >= 0.6 is 0 Å². The molecule has 4 rings (SSSR count). The van der Waals surface area contributed by atoms with Crippen LogP contribution in [0.4, 0.5) is 4.79 Å². The minimum absolute atomic E-state index is 0.0176. The van der Waals surface area contributed by atoms with E-state index in [1.807, 2.05) is 0 Å². The van der Waals surface area contributed by atoms with Crippen molar-refractivity contribution in [2.45, 2.75) is 201 Å². The highest BCUT2D eigenvalue weighted by molar-refractivity contribution is 5.77. The number of benzene rings is 1. The molecule has 1 aromatic carbocycles. The van der Waals surface area contributed by atoms with E-state index >= 15 is 0 Å². The summed E-state index contributed by atoms with van der Waals surface area (Å²) in [4.78, 5) is 162. The first kappa shape index (κ1) is 97.0. The molecule has 640 valence electrons. The molecule has 0 aliphatic carbocycles. The van der Waals surface area contributed by atoms with Gasteiger partial charge in [-0.3, -0.25) is 57.5 Å². The number of carbonyl (C=O) groups is 13. The molecule has 113 heavy (non-hydrogen) atoms. The highest BCUT2D eigenvalue weighted by Gasteiger charge is 2.50. The average molecular weight is 1620 g/mol. The van der Waals surface area contributed by atoms with Crippen LogP contribution in [0.3, 0.4) is 0 Å². The molecule has 0 radical (unpaired) electrons. The number of ether oxygens (including phenoxy) is 22. The van der Waals surface area contributed by atoms with E-state index in [1.54, 1.807) is 51.1 Å². The van der Waals surface area contributed by atoms with Crippen molar-refractivity contribution < 1.29 is 167 Å². The van der Waals surface area contributed by atoms with Crippen molar-refractivity contribution in [3.05, 3.63) is 35.9 Å². The van der Waals surface area contributed by atoms with Crippen LogP contribution in [-0.4, -0.2) is 295 Å². The predicted molar refractivity (Wildman–Crippen MR) is 384 cm³/mol. The Hall–Kier alpha value is -8.35. The topological polar surface area (TPSA) is 473 Å². The third kappa shape index (κ3) is 39.5. The quantitative estimate of drug-likeness (QED) is 0.0407. The number of carbonyl (C=O) groups excluding carboxylic acids is 13. The normalized spacial score (nSPS) is 23.8. The molecule has 3 saturated heterocycles. The van der Waals surface area contributed by atoms with E-state index in [9.17, 15) is 62.3 Å². The fourth-order valence-corrected chi connectivity index (χ4v) is 12.1. The monoisotopic (exact) mass is 1620 g/mol. The summed E-state index contributed by atoms with van der Waals surface area (Å²) < 4.78 is 124. The molecule has 0 saturated carbocycles. The molecular formula is C74H114N4O35. The summed E-state index contributed by atoms with van der Waals surface area (Å²) in [5.41, 5.74) is -1.08. The molecule has 0 bridgehead atoms. The van der Waals surface area contributed by atoms with Gasteiger partial charge >= 0.3 is 59.8 Å². The highest BCUT2D eigenvalue weighted by Crippen LogP contribution is 2.34. The maximum Gasteiger partial charge on any atom is 0.407 e. The molecule has 3 aliphatic heterocycles. The molecule has 3 heterocycles. The van der Waals surface area contributed by atoms with Crippen molar-refractivity contribution in [1.29, 1.82) is 0 Å². The van der Waals surface area contributed by atoms with Crippen LogP contribution in [0, 0.1) is 17.8 Å². The number of esters is 9. The summed E-state index contributed by atoms with van der Waals surface area (Å²) in [5.74, 6) is -8.70. The lowest BCUT2D eigenvalue weighted by Gasteiger charge is -2.44. The third-order valence-electron chi connectivity index (χ3n) is 17.3. The van der Waals surface area contributed by atoms with Gasteiger partial charge in [0.1, 0.15) is 82.9 Å². The summed E-state index contributed by atoms with van der Waals surface area (Å²) >= 11 is 0. The van der Waals surface area contributed by atoms with Gasteiger partial charge < -0.3 is 125 Å². The summed E-state index contributed by atoms with van der Waals surface area (Å²) in [6.07, 6.45) is -11.5. The lowest BCUT2D eigenvalue weighted by atomic mass is 9.85. The predicted octanol–water partition coefficient (Wildman–Crippen LogP) is 1.46. The minimum Gasteiger partial charge on any atom is -0.463 e. The van der Waals surface area contributed by atoms with Gasteiger partial charge in [-0.2, -0.15) is 0 Å². The van der Waals surface area contributed by atoms with Gasteiger partial charge in [0, 0.05) is 92.9 Å². The standard InChI is InChI=1S/C74H114N4O35/c1-45-64(75-48(4)79)70(111-58(42-104-51(7)82)67(45)108-54(10)85)101-37-31-95-25-22-92-28-34-98-61(88)18-20-74(78-73(91)107-41-57-16-14-13-15-17-57,40-63(90)100-36-30-94-24-27-97-33-39-103-72-66(77-50(6)81)47(3)69(110-56(12)87)60(113-72)44-106-53(9)84)21-19-62(89)99-35-29-93-23-26-96-32-38-102-71-65(76-49(5)80)46(2)68(109-55(11)86)59(112-71)43-105-52(8)83/h13-17,45-47,58-60,64-72H,18-44H2,1-12H3,(H,75,79)(H,76,80)(H,77,81)(H,78,91). The second-order valence-corrected chi connectivity index (χ2v) is 26.6. The minimum atomic E-state index is -1.71. The molecule has 0 spiro atoms. The SMILES string of the molecule is CC(=O)NC1C(OCCOCCOCCOC(=O)CCC(CCC(=O)OCCOCCOCCOC2OC(COC(C)=O)C(OC(C)=O)C(C)C2NC(C)=O)(CC(=O)OCCOCCOCCOC2OC(COC(C)=O)C(OC(C)=O)C(C)C2NC(C)=O)NC(=O)OCc2ccccc2)OC(COC(C)=O)C(OC(C)=O)C1C. The van der Waals surface area contributed by atoms with E-state index < -0.39 is 194 Å². The average Bonchev–Trinajstić information content (AvgIpc) is 0.810. The van der Waals surface area contributed by atoms with E-state index in [1.165, 1.54) is 62.3 Å². The number of amides is 4. The molecule has 39 nitrogen and oxygen atoms in total. The smallest absolute Gasteiger partial charge is 0.407 e. The molecule has 3 aliphatic rings. The molecule has 0 aromatic heterocycles. The van der Waals surface area contributed by atoms with Crippen LogP contribution in [-0.2, 0) is 168 Å². The van der Waals surface area contributed by atoms with Crippen molar-refractivity contribution >= 4 is 77.5 Å². The van der Waals surface area contributed by atoms with Gasteiger partial charge in [0.2, 0.25) is 17.7 Å². The summed E-state index contributed by atoms with van der Waals surface area (Å²) in [7, 11) is 0. The number of nitrogens with one attached hydrogen (secondary N) is 4. The molecule has 15 atom stereocenters. The maximum atomic E-state index is 13.9. The molecular weight excluding hydrogens is 1500 g/mol. The van der Waals surface area contributed by atoms with E-state index in [0.717, 1.165) is 0 Å². The van der Waals surface area contributed by atoms with Gasteiger partial charge in [-0.05, 0) is 18.4 Å². The second-order valence-electron chi connectivity index (χ2n) is 26.6. The fourth-order valence-electron chi connectivity index (χ4n) is 12.1. The summed E-state index contributed by atoms with van der Waals surface area (Å²) in [5, 5.41) is 11.1. The van der Waals surface area contributed by atoms with Crippen molar-refractivity contribution in [1.82, 2.24) is 21.3 Å². The van der Waals surface area contributed by atoms with Gasteiger partial charge in [-0.1, -0.05) is 51.1 Å². The lowest BCUT2D eigenvalue weighted by Crippen LogP contribution is -2.62. The largest absolute Gasteiger partial charge is 0.463 e. The molecule has 15 unspecified atom stereocenters. The van der Waals surface area contributed by atoms with E-state index in [0.29, 0.717) is 5.56 Å². The van der Waals surface area contributed by atoms with Gasteiger partial charge in [0.05, 0.1) is 129 Å². The summed E-state index contributed by atoms with van der Waals surface area (Å²) in [6, 6.07) is 6.41. The van der Waals surface area contributed by atoms with Gasteiger partial charge in [-0.15, -0.1) is 0 Å². The molecule has 1 aromatic rings. The highest BCUT2D eigenvalue weighted by atomic mass is 16.7. The Bertz CT molecular complexity index is 2990. The van der Waals surface area contributed by atoms with Gasteiger partial charge in [0.15, 0.2) is 18.9 Å². The first-order valence-corrected chi connectivity index (χ1v) is 37.3. The fraction of sp³-hybridized carbons (Fsp3) is 0.743. The number of hydrogen-bond donors (Lipinski definition) is 4. The van der Waals surface area contributed by atoms with E-state index in [-0.39, 0.29) is 158 Å². The zero-order valence-electron chi connectivity index (χ0n) is 66.4. The Kier molecular flexibility index (Phi) is 46.1. The van der Waals surface area contributed by atoms with Crippen LogP contribution in [0.15, 0.2) is 30.3 Å². The van der Waals surface area contributed by atoms with Gasteiger partial charge in [-0.25, -0.2) is 4.79 Å². The van der Waals surface area contributed by atoms with Gasteiger partial charge in [0.25, 0.3) is 0 Å². The van der Waals surface area contributed by atoms with Crippen LogP contribution in [0.2, 0.25) is 0 Å². The Morgan fingerprint density at radius 1 is 0.354 bits per heavy atom. The molecule has 39 heteroatoms. The summed E-state index contributed by atoms with van der Waals surface area (Å²) in [6.45, 7) is 14.9. The van der Waals surface area contributed by atoms with Crippen LogP contribution < -0.4 is 21.3 Å². The molecule has 4 amide bonds. The third-order valence-corrected chi connectivity index (χ3v) is 17.3. The zero-order valence-corrected chi connectivity index (χ0v) is 66.4. The lowest BCUT2D eigenvalue weighted by molar-refractivity contribution is -0.264. The Balaban J connectivity index is 1.34. The molecule has 4 N–H and O–H groups in total. The van der Waals surface area contributed by atoms with E-state index in [4.69, 9.17) is 104 Å². The van der Waals surface area contributed by atoms with Crippen LogP contribution in [0.5, 0.6) is 0 Å². The number of alkyl carbamates (subject to hydrolysis) is 1. The molecule has 3 fully saturated rings. The second kappa shape index (κ2) is 53.7. The first-order chi connectivity index (χ1) is 53.9. The van der Waals surface area contributed by atoms with Crippen molar-refractivity contribution in [2.75, 3.05) is 139 Å².